The summed E-state index contributed by atoms with van der Waals surface area (Å²) in [4.78, 5) is 13.0. The van der Waals surface area contributed by atoms with E-state index in [-0.39, 0.29) is 5.91 Å². The van der Waals surface area contributed by atoms with Gasteiger partial charge in [0.2, 0.25) is 5.91 Å². The molecule has 0 spiro atoms. The molecule has 0 aromatic heterocycles. The zero-order valence-electron chi connectivity index (χ0n) is 12.1. The lowest BCUT2D eigenvalue weighted by molar-refractivity contribution is -0.134. The molecule has 0 aromatic carbocycles. The fraction of sp³-hybridized carbons (Fsp3) is 0.867. The second-order valence-electron chi connectivity index (χ2n) is 6.49. The van der Waals surface area contributed by atoms with Crippen molar-refractivity contribution >= 4 is 23.1 Å². The molecule has 0 radical (unpaired) electrons. The minimum absolute atomic E-state index is 0.0865. The predicted molar refractivity (Wildman–Crippen MR) is 81.8 cm³/mol. The molecule has 108 valence electrons. The Morgan fingerprint density at radius 3 is 2.53 bits per heavy atom. The van der Waals surface area contributed by atoms with E-state index in [9.17, 15) is 4.79 Å². The topological polar surface area (TPSA) is 55.1 Å². The van der Waals surface area contributed by atoms with Crippen molar-refractivity contribution in [3.63, 3.8) is 0 Å². The molecule has 2 atom stereocenters. The van der Waals surface area contributed by atoms with Gasteiger partial charge in [0.15, 0.2) is 0 Å². The normalized spacial score (nSPS) is 38.3. The first-order valence-electron chi connectivity index (χ1n) is 7.60. The average molecular weight is 282 g/mol. The van der Waals surface area contributed by atoms with E-state index in [0.29, 0.717) is 22.9 Å². The van der Waals surface area contributed by atoms with Gasteiger partial charge in [0.05, 0.1) is 10.4 Å². The van der Waals surface area contributed by atoms with E-state index < -0.39 is 5.41 Å². The van der Waals surface area contributed by atoms with E-state index in [1.165, 1.54) is 19.3 Å². The van der Waals surface area contributed by atoms with Gasteiger partial charge in [0, 0.05) is 6.04 Å². The van der Waals surface area contributed by atoms with Gasteiger partial charge in [-0.25, -0.2) is 0 Å². The molecule has 1 amide bonds. The molecule has 0 saturated heterocycles. The van der Waals surface area contributed by atoms with Crippen LogP contribution in [0.3, 0.4) is 0 Å². The Morgan fingerprint density at radius 1 is 1.37 bits per heavy atom. The van der Waals surface area contributed by atoms with Crippen LogP contribution < -0.4 is 11.1 Å². The van der Waals surface area contributed by atoms with Crippen molar-refractivity contribution in [2.75, 3.05) is 0 Å². The smallest absolute Gasteiger partial charge is 0.233 e. The summed E-state index contributed by atoms with van der Waals surface area (Å²) >= 11 is 5.15. The zero-order valence-corrected chi connectivity index (χ0v) is 12.9. The molecule has 0 bridgehead atoms. The molecule has 2 aliphatic carbocycles. The van der Waals surface area contributed by atoms with Crippen LogP contribution in [0.2, 0.25) is 0 Å². The van der Waals surface area contributed by atoms with Gasteiger partial charge in [-0.2, -0.15) is 0 Å². The SMILES string of the molecule is CCC1CCCCC1NC(=O)C1(C(N)=S)CC(C)C1. The summed E-state index contributed by atoms with van der Waals surface area (Å²) in [7, 11) is 0. The van der Waals surface area contributed by atoms with Gasteiger partial charge in [-0.15, -0.1) is 0 Å². The minimum Gasteiger partial charge on any atom is -0.392 e. The Labute approximate surface area is 121 Å². The summed E-state index contributed by atoms with van der Waals surface area (Å²) in [6, 6.07) is 0.327. The van der Waals surface area contributed by atoms with Gasteiger partial charge in [-0.1, -0.05) is 45.3 Å². The van der Waals surface area contributed by atoms with E-state index in [1.54, 1.807) is 0 Å². The molecule has 2 aliphatic rings. The van der Waals surface area contributed by atoms with Gasteiger partial charge in [0.1, 0.15) is 0 Å². The molecule has 2 fully saturated rings. The molecule has 2 unspecified atom stereocenters. The average Bonchev–Trinajstić information content (AvgIpc) is 2.34. The summed E-state index contributed by atoms with van der Waals surface area (Å²) < 4.78 is 0. The summed E-state index contributed by atoms with van der Waals surface area (Å²) in [6.45, 7) is 4.36. The molecule has 3 N–H and O–H groups in total. The summed E-state index contributed by atoms with van der Waals surface area (Å²) in [5, 5.41) is 3.26. The monoisotopic (exact) mass is 282 g/mol. The second kappa shape index (κ2) is 5.78. The number of thiocarbonyl (C=S) groups is 1. The van der Waals surface area contributed by atoms with Crippen molar-refractivity contribution in [2.24, 2.45) is 23.0 Å². The molecule has 2 rings (SSSR count). The van der Waals surface area contributed by atoms with Gasteiger partial charge < -0.3 is 11.1 Å². The van der Waals surface area contributed by atoms with E-state index in [0.717, 1.165) is 25.7 Å². The van der Waals surface area contributed by atoms with Gasteiger partial charge in [-0.05, 0) is 37.5 Å². The van der Waals surface area contributed by atoms with Gasteiger partial charge in [-0.3, -0.25) is 4.79 Å². The molecule has 3 nitrogen and oxygen atoms in total. The highest BCUT2D eigenvalue weighted by Crippen LogP contribution is 2.46. The first kappa shape index (κ1) is 14.8. The van der Waals surface area contributed by atoms with Crippen molar-refractivity contribution in [3.8, 4) is 0 Å². The first-order chi connectivity index (χ1) is 8.99. The number of carbonyl (C=O) groups excluding carboxylic acids is 1. The lowest BCUT2D eigenvalue weighted by Crippen LogP contribution is -2.58. The van der Waals surface area contributed by atoms with Crippen LogP contribution in [-0.2, 0) is 4.79 Å². The predicted octanol–water partition coefficient (Wildman–Crippen LogP) is 2.77. The number of hydrogen-bond acceptors (Lipinski definition) is 2. The molecule has 0 aromatic rings. The van der Waals surface area contributed by atoms with Crippen molar-refractivity contribution in [1.82, 2.24) is 5.32 Å². The van der Waals surface area contributed by atoms with Crippen molar-refractivity contribution < 1.29 is 4.79 Å². The molecule has 0 heterocycles. The maximum Gasteiger partial charge on any atom is 0.233 e. The first-order valence-corrected chi connectivity index (χ1v) is 8.01. The van der Waals surface area contributed by atoms with Crippen LogP contribution in [-0.4, -0.2) is 16.9 Å². The Bertz CT molecular complexity index is 363. The maximum absolute atomic E-state index is 12.6. The third-order valence-electron chi connectivity index (χ3n) is 5.05. The molecule has 4 heteroatoms. The maximum atomic E-state index is 12.6. The van der Waals surface area contributed by atoms with Gasteiger partial charge >= 0.3 is 0 Å². The zero-order chi connectivity index (χ0) is 14.0. The number of carbonyl (C=O) groups is 1. The lowest BCUT2D eigenvalue weighted by Gasteiger charge is -2.45. The number of nitrogens with two attached hydrogens (primary N) is 1. The van der Waals surface area contributed by atoms with Crippen molar-refractivity contribution in [2.45, 2.75) is 64.8 Å². The Balaban J connectivity index is 2.01. The van der Waals surface area contributed by atoms with Crippen LogP contribution >= 0.6 is 12.2 Å². The van der Waals surface area contributed by atoms with E-state index in [2.05, 4.69) is 19.2 Å². The molecule has 19 heavy (non-hydrogen) atoms. The standard InChI is InChI=1S/C15H26N2OS/c1-3-11-6-4-5-7-12(11)17-14(18)15(13(16)19)8-10(2)9-15/h10-12H,3-9H2,1-2H3,(H2,16,19)(H,17,18). The third kappa shape index (κ3) is 2.78. The Morgan fingerprint density at radius 2 is 2.00 bits per heavy atom. The highest BCUT2D eigenvalue weighted by atomic mass is 32.1. The van der Waals surface area contributed by atoms with Crippen LogP contribution in [0.1, 0.15) is 58.8 Å². The van der Waals surface area contributed by atoms with Crippen LogP contribution in [0.15, 0.2) is 0 Å². The number of amides is 1. The quantitative estimate of drug-likeness (QED) is 0.780. The van der Waals surface area contributed by atoms with Crippen molar-refractivity contribution in [1.29, 1.82) is 0 Å². The summed E-state index contributed by atoms with van der Waals surface area (Å²) in [6.07, 6.45) is 7.63. The Kier molecular flexibility index (Phi) is 4.49. The largest absolute Gasteiger partial charge is 0.392 e. The van der Waals surface area contributed by atoms with Crippen LogP contribution in [0.25, 0.3) is 0 Å². The molecule has 2 saturated carbocycles. The lowest BCUT2D eigenvalue weighted by atomic mass is 9.61. The number of nitrogens with one attached hydrogen (secondary N) is 1. The highest BCUT2D eigenvalue weighted by Gasteiger charge is 2.51. The Hall–Kier alpha value is -0.640. The van der Waals surface area contributed by atoms with E-state index in [4.69, 9.17) is 18.0 Å². The van der Waals surface area contributed by atoms with E-state index in [1.807, 2.05) is 0 Å². The minimum atomic E-state index is -0.551. The highest BCUT2D eigenvalue weighted by molar-refractivity contribution is 7.80. The number of rotatable bonds is 4. The van der Waals surface area contributed by atoms with Crippen molar-refractivity contribution in [3.05, 3.63) is 0 Å². The molecular weight excluding hydrogens is 256 g/mol. The third-order valence-corrected chi connectivity index (χ3v) is 5.44. The number of hydrogen-bond donors (Lipinski definition) is 2. The fourth-order valence-corrected chi connectivity index (χ4v) is 4.08. The second-order valence-corrected chi connectivity index (χ2v) is 6.93. The van der Waals surface area contributed by atoms with Crippen LogP contribution in [0, 0.1) is 17.3 Å². The molecular formula is C15H26N2OS. The molecule has 0 aliphatic heterocycles. The van der Waals surface area contributed by atoms with Crippen LogP contribution in [0.5, 0.6) is 0 Å². The van der Waals surface area contributed by atoms with Crippen LogP contribution in [0.4, 0.5) is 0 Å². The summed E-state index contributed by atoms with van der Waals surface area (Å²) in [5.41, 5.74) is 5.29. The van der Waals surface area contributed by atoms with E-state index >= 15 is 0 Å². The summed E-state index contributed by atoms with van der Waals surface area (Å²) in [5.74, 6) is 1.27. The van der Waals surface area contributed by atoms with Gasteiger partial charge in [0.25, 0.3) is 0 Å². The fourth-order valence-electron chi connectivity index (χ4n) is 3.82.